The first-order chi connectivity index (χ1) is 8.72. The summed E-state index contributed by atoms with van der Waals surface area (Å²) in [5, 5.41) is 4.61. The zero-order valence-corrected chi connectivity index (χ0v) is 12.2. The van der Waals surface area contributed by atoms with E-state index in [2.05, 4.69) is 12.2 Å². The van der Waals surface area contributed by atoms with Crippen molar-refractivity contribution in [3.8, 4) is 0 Å². The van der Waals surface area contributed by atoms with Gasteiger partial charge < -0.3 is 5.32 Å². The van der Waals surface area contributed by atoms with Crippen molar-refractivity contribution in [3.63, 3.8) is 0 Å². The van der Waals surface area contributed by atoms with Crippen molar-refractivity contribution in [1.29, 1.82) is 0 Å². The molecule has 100 valence electrons. The molecule has 2 unspecified atom stereocenters. The predicted octanol–water partition coefficient (Wildman–Crippen LogP) is 3.90. The summed E-state index contributed by atoms with van der Waals surface area (Å²) in [5.74, 6) is 1.03. The summed E-state index contributed by atoms with van der Waals surface area (Å²) in [5.41, 5.74) is 0.651. The van der Waals surface area contributed by atoms with Crippen LogP contribution in [0.25, 0.3) is 0 Å². The Morgan fingerprint density at radius 2 is 2.39 bits per heavy atom. The number of likely N-dealkylation sites (N-methyl/N-ethyl adjacent to an activating group) is 1. The summed E-state index contributed by atoms with van der Waals surface area (Å²) in [6.07, 6.45) is 3.16. The molecule has 1 aliphatic heterocycles. The molecule has 4 heteroatoms. The van der Waals surface area contributed by atoms with Gasteiger partial charge in [-0.3, -0.25) is 0 Å². The van der Waals surface area contributed by atoms with Gasteiger partial charge in [0, 0.05) is 21.9 Å². The quantitative estimate of drug-likeness (QED) is 0.882. The minimum Gasteiger partial charge on any atom is -0.313 e. The van der Waals surface area contributed by atoms with Gasteiger partial charge in [0.25, 0.3) is 0 Å². The molecule has 2 atom stereocenters. The highest BCUT2D eigenvalue weighted by Gasteiger charge is 2.26. The maximum Gasteiger partial charge on any atom is 0.127 e. The Labute approximate surface area is 117 Å². The van der Waals surface area contributed by atoms with E-state index in [9.17, 15) is 4.39 Å². The van der Waals surface area contributed by atoms with E-state index in [0.717, 1.165) is 6.54 Å². The summed E-state index contributed by atoms with van der Waals surface area (Å²) >= 11 is 8.10. The lowest BCUT2D eigenvalue weighted by molar-refractivity contribution is 0.484. The van der Waals surface area contributed by atoms with Crippen LogP contribution in [0.5, 0.6) is 0 Å². The third-order valence-corrected chi connectivity index (χ3v) is 5.24. The van der Waals surface area contributed by atoms with Crippen LogP contribution >= 0.6 is 23.4 Å². The van der Waals surface area contributed by atoms with E-state index in [1.165, 1.54) is 24.7 Å². The van der Waals surface area contributed by atoms with E-state index in [1.54, 1.807) is 12.1 Å². The first-order valence-corrected chi connectivity index (χ1v) is 7.93. The molecular weight excluding hydrogens is 269 g/mol. The summed E-state index contributed by atoms with van der Waals surface area (Å²) in [4.78, 5) is 0. The first-order valence-electron chi connectivity index (χ1n) is 6.50. The van der Waals surface area contributed by atoms with Crippen molar-refractivity contribution in [3.05, 3.63) is 34.6 Å². The molecule has 1 heterocycles. The van der Waals surface area contributed by atoms with E-state index < -0.39 is 0 Å². The second-order valence-electron chi connectivity index (χ2n) is 4.62. The molecule has 2 rings (SSSR count). The van der Waals surface area contributed by atoms with Crippen molar-refractivity contribution in [2.75, 3.05) is 12.3 Å². The molecular formula is C14H19ClFNS. The Balaban J connectivity index is 2.12. The zero-order chi connectivity index (χ0) is 13.0. The number of nitrogens with one attached hydrogen (secondary N) is 1. The number of thioether (sulfide) groups is 1. The molecule has 1 aromatic carbocycles. The van der Waals surface area contributed by atoms with Crippen LogP contribution in [-0.2, 0) is 6.42 Å². The first kappa shape index (κ1) is 14.2. The molecule has 18 heavy (non-hydrogen) atoms. The number of hydrogen-bond donors (Lipinski definition) is 1. The van der Waals surface area contributed by atoms with Crippen LogP contribution in [0.4, 0.5) is 4.39 Å². The highest BCUT2D eigenvalue weighted by molar-refractivity contribution is 8.00. The number of benzene rings is 1. The lowest BCUT2D eigenvalue weighted by Crippen LogP contribution is -2.39. The normalized spacial score (nSPS) is 21.2. The standard InChI is InChI=1S/C14H19ClFNS/c1-2-17-13(14-7-4-8-18-14)9-10-11(15)5-3-6-12(10)16/h3,5-6,13-14,17H,2,4,7-9H2,1H3. The Morgan fingerprint density at radius 1 is 1.56 bits per heavy atom. The molecule has 1 N–H and O–H groups in total. The monoisotopic (exact) mass is 287 g/mol. The number of hydrogen-bond acceptors (Lipinski definition) is 2. The van der Waals surface area contributed by atoms with Crippen LogP contribution in [0.15, 0.2) is 18.2 Å². The van der Waals surface area contributed by atoms with Crippen LogP contribution in [-0.4, -0.2) is 23.6 Å². The smallest absolute Gasteiger partial charge is 0.127 e. The Hall–Kier alpha value is -0.250. The molecule has 1 aliphatic rings. The fourth-order valence-electron chi connectivity index (χ4n) is 2.46. The van der Waals surface area contributed by atoms with Crippen LogP contribution in [0, 0.1) is 5.82 Å². The van der Waals surface area contributed by atoms with Crippen LogP contribution in [0.1, 0.15) is 25.3 Å². The highest BCUT2D eigenvalue weighted by atomic mass is 35.5. The molecule has 0 saturated carbocycles. The van der Waals surface area contributed by atoms with Crippen LogP contribution < -0.4 is 5.32 Å². The van der Waals surface area contributed by atoms with Gasteiger partial charge in [-0.15, -0.1) is 0 Å². The molecule has 0 aliphatic carbocycles. The van der Waals surface area contributed by atoms with Gasteiger partial charge in [0.15, 0.2) is 0 Å². The summed E-state index contributed by atoms with van der Waals surface area (Å²) in [6, 6.07) is 5.24. The van der Waals surface area contributed by atoms with Gasteiger partial charge in [-0.1, -0.05) is 24.6 Å². The second-order valence-corrected chi connectivity index (χ2v) is 6.37. The Bertz CT molecular complexity index is 373. The lowest BCUT2D eigenvalue weighted by Gasteiger charge is -2.24. The lowest BCUT2D eigenvalue weighted by atomic mass is 10.00. The van der Waals surface area contributed by atoms with Crippen molar-refractivity contribution in [2.45, 2.75) is 37.5 Å². The third kappa shape index (κ3) is 3.40. The summed E-state index contributed by atoms with van der Waals surface area (Å²) in [7, 11) is 0. The fourth-order valence-corrected chi connectivity index (χ4v) is 4.10. The van der Waals surface area contributed by atoms with Gasteiger partial charge in [0.1, 0.15) is 5.82 Å². The molecule has 1 saturated heterocycles. The molecule has 1 nitrogen and oxygen atoms in total. The Morgan fingerprint density at radius 3 is 3.00 bits per heavy atom. The SMILES string of the molecule is CCNC(Cc1c(F)cccc1Cl)C1CCCS1. The van der Waals surface area contributed by atoms with E-state index in [1.807, 2.05) is 11.8 Å². The van der Waals surface area contributed by atoms with Crippen molar-refractivity contribution in [1.82, 2.24) is 5.32 Å². The van der Waals surface area contributed by atoms with Gasteiger partial charge in [-0.05, 0) is 43.7 Å². The van der Waals surface area contributed by atoms with Crippen molar-refractivity contribution < 1.29 is 4.39 Å². The van der Waals surface area contributed by atoms with Crippen molar-refractivity contribution in [2.24, 2.45) is 0 Å². The van der Waals surface area contributed by atoms with Gasteiger partial charge in [-0.2, -0.15) is 11.8 Å². The van der Waals surface area contributed by atoms with E-state index in [-0.39, 0.29) is 5.82 Å². The predicted molar refractivity (Wildman–Crippen MR) is 78.1 cm³/mol. The third-order valence-electron chi connectivity index (χ3n) is 3.37. The minimum atomic E-state index is -0.187. The molecule has 0 aromatic heterocycles. The molecule has 0 bridgehead atoms. The fraction of sp³-hybridized carbons (Fsp3) is 0.571. The van der Waals surface area contributed by atoms with E-state index in [4.69, 9.17) is 11.6 Å². The van der Waals surface area contributed by atoms with Crippen LogP contribution in [0.3, 0.4) is 0 Å². The van der Waals surface area contributed by atoms with Crippen LogP contribution in [0.2, 0.25) is 5.02 Å². The molecule has 1 aromatic rings. The largest absolute Gasteiger partial charge is 0.313 e. The average molecular weight is 288 g/mol. The average Bonchev–Trinajstić information content (AvgIpc) is 2.86. The summed E-state index contributed by atoms with van der Waals surface area (Å²) < 4.78 is 13.8. The maximum atomic E-state index is 13.8. The van der Waals surface area contributed by atoms with E-state index in [0.29, 0.717) is 28.3 Å². The highest BCUT2D eigenvalue weighted by Crippen LogP contribution is 2.31. The Kier molecular flexibility index (Phi) is 5.34. The molecule has 0 spiro atoms. The van der Waals surface area contributed by atoms with Gasteiger partial charge >= 0.3 is 0 Å². The molecule has 0 radical (unpaired) electrons. The summed E-state index contributed by atoms with van der Waals surface area (Å²) in [6.45, 7) is 3.00. The van der Waals surface area contributed by atoms with Gasteiger partial charge in [0.05, 0.1) is 0 Å². The zero-order valence-electron chi connectivity index (χ0n) is 10.6. The van der Waals surface area contributed by atoms with Gasteiger partial charge in [0.2, 0.25) is 0 Å². The van der Waals surface area contributed by atoms with E-state index >= 15 is 0 Å². The molecule has 0 amide bonds. The van der Waals surface area contributed by atoms with Gasteiger partial charge in [-0.25, -0.2) is 4.39 Å². The van der Waals surface area contributed by atoms with Crippen molar-refractivity contribution >= 4 is 23.4 Å². The minimum absolute atomic E-state index is 0.187. The molecule has 1 fully saturated rings. The maximum absolute atomic E-state index is 13.8. The number of rotatable bonds is 5. The second kappa shape index (κ2) is 6.78. The topological polar surface area (TPSA) is 12.0 Å². The number of halogens is 2.